The standard InChI is InChI=1S/C17H14N2O4S/c20-16(19-21)10-9-12-5-4-8-14-15(11-18-17(12)14)24(22,23)13-6-2-1-3-7-13/h1-11,18,21H,(H,19,20). The van der Waals surface area contributed by atoms with Crippen molar-refractivity contribution in [1.29, 1.82) is 0 Å². The van der Waals surface area contributed by atoms with Crippen LogP contribution in [0.15, 0.2) is 70.6 Å². The lowest BCUT2D eigenvalue weighted by molar-refractivity contribution is -0.124. The Morgan fingerprint density at radius 2 is 1.83 bits per heavy atom. The minimum absolute atomic E-state index is 0.172. The summed E-state index contributed by atoms with van der Waals surface area (Å²) in [4.78, 5) is 14.5. The molecular weight excluding hydrogens is 328 g/mol. The van der Waals surface area contributed by atoms with E-state index in [0.717, 1.165) is 6.08 Å². The smallest absolute Gasteiger partial charge is 0.267 e. The number of fused-ring (bicyclic) bond motifs is 1. The summed E-state index contributed by atoms with van der Waals surface area (Å²) in [7, 11) is -3.65. The average molecular weight is 342 g/mol. The summed E-state index contributed by atoms with van der Waals surface area (Å²) in [6.07, 6.45) is 4.08. The minimum Gasteiger partial charge on any atom is -0.359 e. The molecule has 0 saturated carbocycles. The second kappa shape index (κ2) is 6.31. The molecule has 24 heavy (non-hydrogen) atoms. The fraction of sp³-hybridized carbons (Fsp3) is 0. The van der Waals surface area contributed by atoms with Gasteiger partial charge in [0, 0.05) is 17.7 Å². The summed E-state index contributed by atoms with van der Waals surface area (Å²) < 4.78 is 25.6. The number of benzene rings is 2. The van der Waals surface area contributed by atoms with E-state index in [1.54, 1.807) is 48.5 Å². The van der Waals surface area contributed by atoms with E-state index in [1.165, 1.54) is 17.8 Å². The molecule has 0 fully saturated rings. The molecule has 0 unspecified atom stereocenters. The van der Waals surface area contributed by atoms with Gasteiger partial charge < -0.3 is 4.98 Å². The maximum Gasteiger partial charge on any atom is 0.267 e. The molecule has 0 aliphatic rings. The molecule has 3 aromatic rings. The van der Waals surface area contributed by atoms with Gasteiger partial charge in [-0.1, -0.05) is 36.4 Å². The summed E-state index contributed by atoms with van der Waals surface area (Å²) in [6.45, 7) is 0. The number of amides is 1. The van der Waals surface area contributed by atoms with Crippen molar-refractivity contribution in [1.82, 2.24) is 10.5 Å². The van der Waals surface area contributed by atoms with E-state index < -0.39 is 15.7 Å². The number of nitrogens with one attached hydrogen (secondary N) is 2. The van der Waals surface area contributed by atoms with E-state index in [0.29, 0.717) is 16.5 Å². The molecule has 2 aromatic carbocycles. The van der Waals surface area contributed by atoms with Gasteiger partial charge in [-0.15, -0.1) is 0 Å². The van der Waals surface area contributed by atoms with Gasteiger partial charge in [0.05, 0.1) is 15.3 Å². The van der Waals surface area contributed by atoms with E-state index in [4.69, 9.17) is 5.21 Å². The molecule has 3 N–H and O–H groups in total. The third kappa shape index (κ3) is 2.82. The van der Waals surface area contributed by atoms with Gasteiger partial charge >= 0.3 is 0 Å². The van der Waals surface area contributed by atoms with Crippen LogP contribution in [0.3, 0.4) is 0 Å². The van der Waals surface area contributed by atoms with Crippen molar-refractivity contribution in [2.45, 2.75) is 9.79 Å². The van der Waals surface area contributed by atoms with E-state index in [9.17, 15) is 13.2 Å². The van der Waals surface area contributed by atoms with Crippen LogP contribution in [-0.2, 0) is 14.6 Å². The molecular formula is C17H14N2O4S. The number of carbonyl (C=O) groups is 1. The van der Waals surface area contributed by atoms with E-state index in [1.807, 2.05) is 0 Å². The number of sulfone groups is 1. The van der Waals surface area contributed by atoms with Crippen LogP contribution in [0, 0.1) is 0 Å². The van der Waals surface area contributed by atoms with Gasteiger partial charge in [0.1, 0.15) is 0 Å². The maximum absolute atomic E-state index is 12.8. The second-order valence-electron chi connectivity index (χ2n) is 5.05. The predicted molar refractivity (Wildman–Crippen MR) is 89.2 cm³/mol. The Kier molecular flexibility index (Phi) is 4.20. The zero-order valence-electron chi connectivity index (χ0n) is 12.4. The van der Waals surface area contributed by atoms with Crippen LogP contribution < -0.4 is 5.48 Å². The van der Waals surface area contributed by atoms with Gasteiger partial charge in [-0.2, -0.15) is 0 Å². The summed E-state index contributed by atoms with van der Waals surface area (Å²) in [5, 5.41) is 9.06. The van der Waals surface area contributed by atoms with Crippen molar-refractivity contribution in [3.8, 4) is 0 Å². The van der Waals surface area contributed by atoms with Gasteiger partial charge in [0.25, 0.3) is 5.91 Å². The van der Waals surface area contributed by atoms with Crippen molar-refractivity contribution in [2.75, 3.05) is 0 Å². The number of aromatic amines is 1. The Morgan fingerprint density at radius 3 is 2.54 bits per heavy atom. The van der Waals surface area contributed by atoms with Gasteiger partial charge in [-0.25, -0.2) is 13.9 Å². The maximum atomic E-state index is 12.8. The highest BCUT2D eigenvalue weighted by Crippen LogP contribution is 2.30. The average Bonchev–Trinajstić information content (AvgIpc) is 3.05. The number of hydrogen-bond donors (Lipinski definition) is 3. The monoisotopic (exact) mass is 342 g/mol. The zero-order chi connectivity index (χ0) is 17.2. The summed E-state index contributed by atoms with van der Waals surface area (Å²) in [6, 6.07) is 13.3. The number of hydroxylamine groups is 1. The molecule has 0 spiro atoms. The Morgan fingerprint density at radius 1 is 1.08 bits per heavy atom. The second-order valence-corrected chi connectivity index (χ2v) is 6.97. The number of aromatic nitrogens is 1. The lowest BCUT2D eigenvalue weighted by Crippen LogP contribution is -2.14. The molecule has 0 aliphatic heterocycles. The fourth-order valence-corrected chi connectivity index (χ4v) is 3.89. The molecule has 0 aliphatic carbocycles. The number of rotatable bonds is 4. The number of hydrogen-bond acceptors (Lipinski definition) is 4. The molecule has 3 rings (SSSR count). The summed E-state index contributed by atoms with van der Waals surface area (Å²) in [5.41, 5.74) is 2.72. The van der Waals surface area contributed by atoms with Gasteiger partial charge in [-0.05, 0) is 23.8 Å². The normalized spacial score (nSPS) is 11.9. The van der Waals surface area contributed by atoms with Crippen LogP contribution in [0.25, 0.3) is 17.0 Å². The molecule has 0 saturated heterocycles. The molecule has 1 amide bonds. The van der Waals surface area contributed by atoms with Crippen molar-refractivity contribution < 1.29 is 18.4 Å². The van der Waals surface area contributed by atoms with Crippen LogP contribution in [0.4, 0.5) is 0 Å². The van der Waals surface area contributed by atoms with E-state index in [-0.39, 0.29) is 9.79 Å². The minimum atomic E-state index is -3.65. The molecule has 6 nitrogen and oxygen atoms in total. The molecule has 0 radical (unpaired) electrons. The highest BCUT2D eigenvalue weighted by Gasteiger charge is 2.21. The van der Waals surface area contributed by atoms with E-state index >= 15 is 0 Å². The Balaban J connectivity index is 2.13. The predicted octanol–water partition coefficient (Wildman–Crippen LogP) is 2.52. The Bertz CT molecular complexity index is 1020. The number of para-hydroxylation sites is 1. The zero-order valence-corrected chi connectivity index (χ0v) is 13.2. The van der Waals surface area contributed by atoms with Crippen molar-refractivity contribution in [2.24, 2.45) is 0 Å². The molecule has 0 atom stereocenters. The Hall–Kier alpha value is -2.90. The fourth-order valence-electron chi connectivity index (χ4n) is 2.44. The first-order valence-electron chi connectivity index (χ1n) is 7.06. The Labute approximate surface area is 138 Å². The van der Waals surface area contributed by atoms with Crippen molar-refractivity contribution in [3.63, 3.8) is 0 Å². The molecule has 7 heteroatoms. The third-order valence-electron chi connectivity index (χ3n) is 3.58. The lowest BCUT2D eigenvalue weighted by atomic mass is 10.1. The van der Waals surface area contributed by atoms with Crippen molar-refractivity contribution >= 4 is 32.7 Å². The third-order valence-corrected chi connectivity index (χ3v) is 5.39. The van der Waals surface area contributed by atoms with Crippen LogP contribution >= 0.6 is 0 Å². The largest absolute Gasteiger partial charge is 0.359 e. The van der Waals surface area contributed by atoms with Crippen LogP contribution in [-0.4, -0.2) is 24.5 Å². The van der Waals surface area contributed by atoms with Crippen LogP contribution in [0.5, 0.6) is 0 Å². The van der Waals surface area contributed by atoms with Crippen molar-refractivity contribution in [3.05, 3.63) is 66.4 Å². The van der Waals surface area contributed by atoms with Gasteiger partial charge in [0.15, 0.2) is 0 Å². The highest BCUT2D eigenvalue weighted by atomic mass is 32.2. The topological polar surface area (TPSA) is 99.3 Å². The molecule has 1 aromatic heterocycles. The summed E-state index contributed by atoms with van der Waals surface area (Å²) >= 11 is 0. The van der Waals surface area contributed by atoms with Gasteiger partial charge in [0.2, 0.25) is 9.84 Å². The lowest BCUT2D eigenvalue weighted by Gasteiger charge is -2.03. The molecule has 122 valence electrons. The van der Waals surface area contributed by atoms with Gasteiger partial charge in [-0.3, -0.25) is 10.0 Å². The number of carbonyl (C=O) groups excluding carboxylic acids is 1. The SMILES string of the molecule is O=C(C=Cc1cccc2c(S(=O)(=O)c3ccccc3)c[nH]c12)NO. The summed E-state index contributed by atoms with van der Waals surface area (Å²) in [5.74, 6) is -0.671. The highest BCUT2D eigenvalue weighted by molar-refractivity contribution is 7.91. The molecule has 0 bridgehead atoms. The van der Waals surface area contributed by atoms with Crippen LogP contribution in [0.2, 0.25) is 0 Å². The van der Waals surface area contributed by atoms with E-state index in [2.05, 4.69) is 4.98 Å². The number of H-pyrrole nitrogens is 1. The first kappa shape index (κ1) is 16.0. The first-order chi connectivity index (χ1) is 11.5. The first-order valence-corrected chi connectivity index (χ1v) is 8.55. The molecule has 1 heterocycles. The quantitative estimate of drug-likeness (QED) is 0.385. The van der Waals surface area contributed by atoms with Crippen LogP contribution in [0.1, 0.15) is 5.56 Å².